The Kier molecular flexibility index (Phi) is 5.71. The molecule has 24 heavy (non-hydrogen) atoms. The zero-order chi connectivity index (χ0) is 17.8. The van der Waals surface area contributed by atoms with Crippen molar-refractivity contribution in [1.82, 2.24) is 4.90 Å². The standard InChI is InChI=1S/C16H21F3N2O3/c1-23-13-5-3-4-12(10-13)20-14(22)11-21-8-6-15(24-2,7-9-21)16(17,18)19/h3-5,10H,6-9,11H2,1-2H3,(H,20,22). The normalized spacial score (nSPS) is 18.2. The van der Waals surface area contributed by atoms with Gasteiger partial charge in [0.25, 0.3) is 0 Å². The average molecular weight is 346 g/mol. The second-order valence-corrected chi connectivity index (χ2v) is 5.75. The van der Waals surface area contributed by atoms with Crippen molar-refractivity contribution >= 4 is 11.6 Å². The summed E-state index contributed by atoms with van der Waals surface area (Å²) in [5.74, 6) is 0.334. The number of carbonyl (C=O) groups is 1. The Balaban J connectivity index is 1.88. The highest BCUT2D eigenvalue weighted by Crippen LogP contribution is 2.41. The van der Waals surface area contributed by atoms with Gasteiger partial charge < -0.3 is 14.8 Å². The molecule has 0 bridgehead atoms. The van der Waals surface area contributed by atoms with Crippen LogP contribution >= 0.6 is 0 Å². The molecule has 1 fully saturated rings. The zero-order valence-corrected chi connectivity index (χ0v) is 13.7. The van der Waals surface area contributed by atoms with Gasteiger partial charge in [-0.2, -0.15) is 13.2 Å². The number of ether oxygens (including phenoxy) is 2. The summed E-state index contributed by atoms with van der Waals surface area (Å²) in [6.45, 7) is 0.340. The summed E-state index contributed by atoms with van der Waals surface area (Å²) >= 11 is 0. The Bertz CT molecular complexity index is 570. The van der Waals surface area contributed by atoms with E-state index >= 15 is 0 Å². The lowest BCUT2D eigenvalue weighted by Crippen LogP contribution is -2.55. The third-order valence-corrected chi connectivity index (χ3v) is 4.29. The molecule has 1 saturated heterocycles. The van der Waals surface area contributed by atoms with E-state index in [-0.39, 0.29) is 38.4 Å². The SMILES string of the molecule is COc1cccc(NC(=O)CN2CCC(OC)(C(F)(F)F)CC2)c1. The largest absolute Gasteiger partial charge is 0.497 e. The molecule has 0 spiro atoms. The van der Waals surface area contributed by atoms with Crippen LogP contribution in [0.1, 0.15) is 12.8 Å². The number of benzene rings is 1. The molecule has 0 aromatic heterocycles. The van der Waals surface area contributed by atoms with Crippen molar-refractivity contribution in [3.8, 4) is 5.75 Å². The Morgan fingerprint density at radius 2 is 1.96 bits per heavy atom. The fraction of sp³-hybridized carbons (Fsp3) is 0.562. The molecule has 1 heterocycles. The third kappa shape index (κ3) is 4.18. The van der Waals surface area contributed by atoms with E-state index < -0.39 is 11.8 Å². The van der Waals surface area contributed by atoms with Crippen LogP contribution in [0.15, 0.2) is 24.3 Å². The molecule has 0 aliphatic carbocycles. The average Bonchev–Trinajstić information content (AvgIpc) is 2.54. The fourth-order valence-electron chi connectivity index (χ4n) is 2.78. The van der Waals surface area contributed by atoms with E-state index in [9.17, 15) is 18.0 Å². The van der Waals surface area contributed by atoms with Crippen LogP contribution in [-0.2, 0) is 9.53 Å². The number of carbonyl (C=O) groups excluding carboxylic acids is 1. The summed E-state index contributed by atoms with van der Waals surface area (Å²) < 4.78 is 49.2. The van der Waals surface area contributed by atoms with Gasteiger partial charge in [0.2, 0.25) is 5.91 Å². The summed E-state index contributed by atoms with van der Waals surface area (Å²) in [6, 6.07) is 6.89. The van der Waals surface area contributed by atoms with Gasteiger partial charge in [-0.05, 0) is 25.0 Å². The minimum Gasteiger partial charge on any atom is -0.497 e. The van der Waals surface area contributed by atoms with Crippen molar-refractivity contribution in [2.75, 3.05) is 39.2 Å². The molecular weight excluding hydrogens is 325 g/mol. The predicted octanol–water partition coefficient (Wildman–Crippen LogP) is 2.68. The first kappa shape index (κ1) is 18.5. The van der Waals surface area contributed by atoms with Gasteiger partial charge in [0.05, 0.1) is 13.7 Å². The number of alkyl halides is 3. The monoisotopic (exact) mass is 346 g/mol. The number of methoxy groups -OCH3 is 2. The van der Waals surface area contributed by atoms with E-state index in [0.29, 0.717) is 11.4 Å². The van der Waals surface area contributed by atoms with E-state index in [4.69, 9.17) is 9.47 Å². The van der Waals surface area contributed by atoms with Crippen LogP contribution in [0.5, 0.6) is 5.75 Å². The van der Waals surface area contributed by atoms with Crippen LogP contribution in [-0.4, -0.2) is 56.4 Å². The quantitative estimate of drug-likeness (QED) is 0.891. The van der Waals surface area contributed by atoms with Gasteiger partial charge in [-0.1, -0.05) is 6.07 Å². The number of halogens is 3. The molecule has 1 N–H and O–H groups in total. The molecule has 1 aliphatic heterocycles. The lowest BCUT2D eigenvalue weighted by Gasteiger charge is -2.41. The van der Waals surface area contributed by atoms with Gasteiger partial charge in [-0.15, -0.1) is 0 Å². The number of nitrogens with one attached hydrogen (secondary N) is 1. The topological polar surface area (TPSA) is 50.8 Å². The van der Waals surface area contributed by atoms with Crippen LogP contribution in [0.3, 0.4) is 0 Å². The molecule has 0 unspecified atom stereocenters. The second kappa shape index (κ2) is 7.40. The maximum Gasteiger partial charge on any atom is 0.417 e. The van der Waals surface area contributed by atoms with Crippen molar-refractivity contribution in [3.05, 3.63) is 24.3 Å². The minimum atomic E-state index is -4.41. The first-order valence-electron chi connectivity index (χ1n) is 7.58. The fourth-order valence-corrected chi connectivity index (χ4v) is 2.78. The zero-order valence-electron chi connectivity index (χ0n) is 13.7. The number of piperidine rings is 1. The maximum atomic E-state index is 13.1. The number of amides is 1. The Morgan fingerprint density at radius 3 is 2.50 bits per heavy atom. The molecule has 1 aromatic rings. The van der Waals surface area contributed by atoms with Crippen LogP contribution in [0.25, 0.3) is 0 Å². The third-order valence-electron chi connectivity index (χ3n) is 4.29. The van der Waals surface area contributed by atoms with Crippen molar-refractivity contribution in [2.45, 2.75) is 24.6 Å². The number of likely N-dealkylation sites (tertiary alicyclic amines) is 1. The molecule has 2 rings (SSSR count). The number of rotatable bonds is 5. The van der Waals surface area contributed by atoms with Crippen LogP contribution in [0.2, 0.25) is 0 Å². The predicted molar refractivity (Wildman–Crippen MR) is 83.1 cm³/mol. The van der Waals surface area contributed by atoms with Crippen LogP contribution in [0, 0.1) is 0 Å². The molecule has 0 atom stereocenters. The molecule has 1 amide bonds. The Labute approximate surface area is 138 Å². The minimum absolute atomic E-state index is 0.0366. The van der Waals surface area contributed by atoms with Gasteiger partial charge in [0, 0.05) is 32.0 Å². The highest BCUT2D eigenvalue weighted by Gasteiger charge is 2.56. The van der Waals surface area contributed by atoms with Gasteiger partial charge in [-0.25, -0.2) is 0 Å². The lowest BCUT2D eigenvalue weighted by molar-refractivity contribution is -0.282. The van der Waals surface area contributed by atoms with Gasteiger partial charge in [-0.3, -0.25) is 9.69 Å². The molecule has 5 nitrogen and oxygen atoms in total. The molecule has 8 heteroatoms. The van der Waals surface area contributed by atoms with E-state index in [0.717, 1.165) is 7.11 Å². The summed E-state index contributed by atoms with van der Waals surface area (Å²) in [7, 11) is 2.61. The van der Waals surface area contributed by atoms with Crippen molar-refractivity contribution in [1.29, 1.82) is 0 Å². The number of anilines is 1. The molecule has 1 aromatic carbocycles. The highest BCUT2D eigenvalue weighted by molar-refractivity contribution is 5.92. The summed E-state index contributed by atoms with van der Waals surface area (Å²) in [5, 5.41) is 2.71. The second-order valence-electron chi connectivity index (χ2n) is 5.75. The highest BCUT2D eigenvalue weighted by atomic mass is 19.4. The van der Waals surface area contributed by atoms with Gasteiger partial charge >= 0.3 is 6.18 Å². The number of hydrogen-bond acceptors (Lipinski definition) is 4. The van der Waals surface area contributed by atoms with E-state index in [1.807, 2.05) is 0 Å². The summed E-state index contributed by atoms with van der Waals surface area (Å²) in [5.41, 5.74) is -1.52. The lowest BCUT2D eigenvalue weighted by atomic mass is 9.90. The first-order chi connectivity index (χ1) is 11.3. The number of nitrogens with zero attached hydrogens (tertiary/aromatic N) is 1. The molecule has 0 saturated carbocycles. The summed E-state index contributed by atoms with van der Waals surface area (Å²) in [4.78, 5) is 13.8. The van der Waals surface area contributed by atoms with Crippen LogP contribution < -0.4 is 10.1 Å². The molecule has 0 radical (unpaired) electrons. The van der Waals surface area contributed by atoms with Gasteiger partial charge in [0.15, 0.2) is 5.60 Å². The molecule has 1 aliphatic rings. The van der Waals surface area contributed by atoms with Crippen LogP contribution in [0.4, 0.5) is 18.9 Å². The van der Waals surface area contributed by atoms with Crippen molar-refractivity contribution in [2.24, 2.45) is 0 Å². The summed E-state index contributed by atoms with van der Waals surface area (Å²) in [6.07, 6.45) is -4.77. The van der Waals surface area contributed by atoms with E-state index in [1.54, 1.807) is 29.2 Å². The molecular formula is C16H21F3N2O3. The maximum absolute atomic E-state index is 13.1. The Morgan fingerprint density at radius 1 is 1.29 bits per heavy atom. The van der Waals surface area contributed by atoms with Crippen molar-refractivity contribution in [3.63, 3.8) is 0 Å². The van der Waals surface area contributed by atoms with Crippen molar-refractivity contribution < 1.29 is 27.4 Å². The van der Waals surface area contributed by atoms with E-state index in [1.165, 1.54) is 7.11 Å². The first-order valence-corrected chi connectivity index (χ1v) is 7.58. The van der Waals surface area contributed by atoms with Gasteiger partial charge in [0.1, 0.15) is 5.75 Å². The molecule has 134 valence electrons. The van der Waals surface area contributed by atoms with E-state index in [2.05, 4.69) is 5.32 Å². The smallest absolute Gasteiger partial charge is 0.417 e. The number of hydrogen-bond donors (Lipinski definition) is 1. The Hall–Kier alpha value is -1.80.